The Balaban J connectivity index is 1.80. The molecule has 0 aliphatic carbocycles. The molecule has 0 radical (unpaired) electrons. The molecule has 5 nitrogen and oxygen atoms in total. The highest BCUT2D eigenvalue weighted by Gasteiger charge is 2.12. The third-order valence-corrected chi connectivity index (χ3v) is 5.09. The van der Waals surface area contributed by atoms with Crippen molar-refractivity contribution in [2.45, 2.75) is 4.90 Å². The second-order valence-corrected chi connectivity index (χ2v) is 7.86. The average Bonchev–Trinajstić information content (AvgIpc) is 3.05. The summed E-state index contributed by atoms with van der Waals surface area (Å²) in [7, 11) is -3.26. The lowest BCUT2D eigenvalue weighted by molar-refractivity contribution is 0.602. The van der Waals surface area contributed by atoms with Crippen molar-refractivity contribution in [2.24, 2.45) is 0 Å². The number of aromatic amines is 1. The Bertz CT molecular complexity index is 1170. The molecule has 2 heterocycles. The number of nitrogens with one attached hydrogen (secondary N) is 1. The van der Waals surface area contributed by atoms with Crippen molar-refractivity contribution in [3.05, 3.63) is 66.9 Å². The zero-order valence-electron chi connectivity index (χ0n) is 13.5. The van der Waals surface area contributed by atoms with Gasteiger partial charge in [-0.3, -0.25) is 0 Å². The van der Waals surface area contributed by atoms with Gasteiger partial charge in [0.25, 0.3) is 0 Å². The number of imidazole rings is 1. The first-order valence-electron chi connectivity index (χ1n) is 7.72. The molecule has 0 aliphatic rings. The topological polar surface area (TPSA) is 75.7 Å². The lowest BCUT2D eigenvalue weighted by atomic mass is 10.1. The summed E-state index contributed by atoms with van der Waals surface area (Å²) in [5, 5.41) is 0. The van der Waals surface area contributed by atoms with Gasteiger partial charge in [-0.05, 0) is 23.8 Å². The van der Waals surface area contributed by atoms with Crippen LogP contribution >= 0.6 is 0 Å². The molecule has 0 atom stereocenters. The summed E-state index contributed by atoms with van der Waals surface area (Å²) in [4.78, 5) is 12.4. The standard InChI is InChI=1S/C19H15N3O2S/c1-25(23,24)16-9-5-8-14(10-16)18-21-17-11-15(12-20-19(17)22-18)13-6-3-2-4-7-13/h2-12H,1H3,(H,20,21,22). The molecule has 0 amide bonds. The molecule has 1 N–H and O–H groups in total. The first kappa shape index (κ1) is 15.5. The molecular formula is C19H15N3O2S. The Kier molecular flexibility index (Phi) is 3.62. The summed E-state index contributed by atoms with van der Waals surface area (Å²) >= 11 is 0. The molecule has 0 aliphatic heterocycles. The van der Waals surface area contributed by atoms with E-state index < -0.39 is 9.84 Å². The fourth-order valence-electron chi connectivity index (χ4n) is 2.70. The molecule has 4 rings (SSSR count). The maximum Gasteiger partial charge on any atom is 0.178 e. The van der Waals surface area contributed by atoms with Crippen LogP contribution in [0.5, 0.6) is 0 Å². The number of rotatable bonds is 3. The van der Waals surface area contributed by atoms with Crippen molar-refractivity contribution >= 4 is 21.0 Å². The fourth-order valence-corrected chi connectivity index (χ4v) is 3.37. The molecule has 0 fully saturated rings. The first-order chi connectivity index (χ1) is 12.0. The minimum Gasteiger partial charge on any atom is -0.337 e. The average molecular weight is 349 g/mol. The van der Waals surface area contributed by atoms with Crippen LogP contribution in [-0.2, 0) is 9.84 Å². The van der Waals surface area contributed by atoms with Crippen LogP contribution in [0.25, 0.3) is 33.7 Å². The Morgan fingerprint density at radius 1 is 0.880 bits per heavy atom. The van der Waals surface area contributed by atoms with Crippen molar-refractivity contribution in [2.75, 3.05) is 6.26 Å². The molecular weight excluding hydrogens is 334 g/mol. The summed E-state index contributed by atoms with van der Waals surface area (Å²) in [6, 6.07) is 18.7. The number of fused-ring (bicyclic) bond motifs is 1. The van der Waals surface area contributed by atoms with Gasteiger partial charge >= 0.3 is 0 Å². The number of benzene rings is 2. The zero-order valence-corrected chi connectivity index (χ0v) is 14.3. The van der Waals surface area contributed by atoms with Crippen molar-refractivity contribution in [3.63, 3.8) is 0 Å². The monoisotopic (exact) mass is 349 g/mol. The third kappa shape index (κ3) is 3.04. The van der Waals surface area contributed by atoms with Gasteiger partial charge in [0.1, 0.15) is 5.82 Å². The van der Waals surface area contributed by atoms with E-state index in [0.717, 1.165) is 16.6 Å². The normalized spacial score (nSPS) is 11.7. The quantitative estimate of drug-likeness (QED) is 0.612. The number of hydrogen-bond donors (Lipinski definition) is 1. The van der Waals surface area contributed by atoms with E-state index in [-0.39, 0.29) is 4.90 Å². The lowest BCUT2D eigenvalue weighted by Crippen LogP contribution is -1.97. The van der Waals surface area contributed by atoms with E-state index in [9.17, 15) is 8.42 Å². The summed E-state index contributed by atoms with van der Waals surface area (Å²) in [6.07, 6.45) is 2.98. The molecule has 0 unspecified atom stereocenters. The van der Waals surface area contributed by atoms with Crippen LogP contribution in [0.1, 0.15) is 0 Å². The van der Waals surface area contributed by atoms with E-state index in [1.165, 1.54) is 6.26 Å². The predicted octanol–water partition coefficient (Wildman–Crippen LogP) is 3.70. The Morgan fingerprint density at radius 2 is 1.64 bits per heavy atom. The lowest BCUT2D eigenvalue weighted by Gasteiger charge is -2.01. The fraction of sp³-hybridized carbons (Fsp3) is 0.0526. The summed E-state index contributed by atoms with van der Waals surface area (Å²) in [6.45, 7) is 0. The maximum absolute atomic E-state index is 11.7. The van der Waals surface area contributed by atoms with E-state index in [1.807, 2.05) is 42.5 Å². The minimum absolute atomic E-state index is 0.267. The van der Waals surface area contributed by atoms with E-state index in [4.69, 9.17) is 0 Å². The number of sulfone groups is 1. The molecule has 6 heteroatoms. The highest BCUT2D eigenvalue weighted by Crippen LogP contribution is 2.25. The number of nitrogens with zero attached hydrogens (tertiary/aromatic N) is 2. The highest BCUT2D eigenvalue weighted by atomic mass is 32.2. The molecule has 0 bridgehead atoms. The number of pyridine rings is 1. The SMILES string of the molecule is CS(=O)(=O)c1cccc(-c2nc3ncc(-c4ccccc4)cc3[nH]2)c1. The number of hydrogen-bond acceptors (Lipinski definition) is 4. The molecule has 0 spiro atoms. The smallest absolute Gasteiger partial charge is 0.178 e. The zero-order chi connectivity index (χ0) is 17.4. The van der Waals surface area contributed by atoms with Gasteiger partial charge < -0.3 is 4.98 Å². The summed E-state index contributed by atoms with van der Waals surface area (Å²) in [5.74, 6) is 0.596. The molecule has 0 saturated carbocycles. The maximum atomic E-state index is 11.7. The van der Waals surface area contributed by atoms with Crippen molar-refractivity contribution in [1.29, 1.82) is 0 Å². The summed E-state index contributed by atoms with van der Waals surface area (Å²) < 4.78 is 23.5. The van der Waals surface area contributed by atoms with Crippen LogP contribution in [0.2, 0.25) is 0 Å². The van der Waals surface area contributed by atoms with Gasteiger partial charge in [-0.2, -0.15) is 0 Å². The van der Waals surface area contributed by atoms with Gasteiger partial charge in [0.05, 0.1) is 10.4 Å². The van der Waals surface area contributed by atoms with Crippen LogP contribution in [0.3, 0.4) is 0 Å². The van der Waals surface area contributed by atoms with Crippen LogP contribution < -0.4 is 0 Å². The van der Waals surface area contributed by atoms with Gasteiger partial charge in [-0.15, -0.1) is 0 Å². The minimum atomic E-state index is -3.26. The highest BCUT2D eigenvalue weighted by molar-refractivity contribution is 7.90. The van der Waals surface area contributed by atoms with Crippen molar-refractivity contribution < 1.29 is 8.42 Å². The second-order valence-electron chi connectivity index (χ2n) is 5.85. The first-order valence-corrected chi connectivity index (χ1v) is 9.61. The molecule has 0 saturated heterocycles. The third-order valence-electron chi connectivity index (χ3n) is 3.98. The second kappa shape index (κ2) is 5.82. The molecule has 2 aromatic carbocycles. The number of aromatic nitrogens is 3. The van der Waals surface area contributed by atoms with E-state index in [0.29, 0.717) is 17.0 Å². The molecule has 4 aromatic rings. The van der Waals surface area contributed by atoms with Crippen LogP contribution in [0, 0.1) is 0 Å². The van der Waals surface area contributed by atoms with Gasteiger partial charge in [0, 0.05) is 23.6 Å². The molecule has 2 aromatic heterocycles. The Hall–Kier alpha value is -2.99. The van der Waals surface area contributed by atoms with Crippen LogP contribution in [-0.4, -0.2) is 29.6 Å². The van der Waals surface area contributed by atoms with Gasteiger partial charge in [0.15, 0.2) is 15.5 Å². The van der Waals surface area contributed by atoms with Gasteiger partial charge in [-0.1, -0.05) is 42.5 Å². The van der Waals surface area contributed by atoms with Gasteiger partial charge in [0.2, 0.25) is 0 Å². The van der Waals surface area contributed by atoms with E-state index in [1.54, 1.807) is 24.4 Å². The predicted molar refractivity (Wildman–Crippen MR) is 97.9 cm³/mol. The molecule has 25 heavy (non-hydrogen) atoms. The largest absolute Gasteiger partial charge is 0.337 e. The van der Waals surface area contributed by atoms with Crippen molar-refractivity contribution in [1.82, 2.24) is 15.0 Å². The van der Waals surface area contributed by atoms with Crippen LogP contribution in [0.4, 0.5) is 0 Å². The molecule has 124 valence electrons. The van der Waals surface area contributed by atoms with Crippen molar-refractivity contribution in [3.8, 4) is 22.5 Å². The van der Waals surface area contributed by atoms with Gasteiger partial charge in [-0.25, -0.2) is 18.4 Å². The Labute approximate surface area is 145 Å². The Morgan fingerprint density at radius 3 is 2.40 bits per heavy atom. The summed E-state index contributed by atoms with van der Waals surface area (Å²) in [5.41, 5.74) is 4.18. The van der Waals surface area contributed by atoms with E-state index >= 15 is 0 Å². The van der Waals surface area contributed by atoms with Crippen LogP contribution in [0.15, 0.2) is 71.8 Å². The number of H-pyrrole nitrogens is 1. The van der Waals surface area contributed by atoms with E-state index in [2.05, 4.69) is 15.0 Å².